The van der Waals surface area contributed by atoms with Crippen LogP contribution in [0, 0.1) is 19.7 Å². The van der Waals surface area contributed by atoms with Crippen molar-refractivity contribution in [3.05, 3.63) is 161 Å². The Bertz CT molecular complexity index is 4260. The van der Waals surface area contributed by atoms with E-state index in [1.165, 1.54) is 44.8 Å². The molecule has 10 rings (SSSR count). The predicted octanol–water partition coefficient (Wildman–Crippen LogP) is 20.1. The molecule has 2 N–H and O–H groups in total. The maximum atomic E-state index is 16.1. The van der Waals surface area contributed by atoms with Crippen molar-refractivity contribution >= 4 is 83.4 Å². The second-order valence-corrected chi connectivity index (χ2v) is 47.7. The average molecular weight is 1230 g/mol. The molecule has 0 radical (unpaired) electrons. The molecule has 0 saturated heterocycles. The Labute approximate surface area is 527 Å². The molecular formula is C78H97FN2O4Si3. The minimum absolute atomic E-state index is 0.0677. The van der Waals surface area contributed by atoms with Gasteiger partial charge in [0.2, 0.25) is 0 Å². The number of aryl methyl sites for hydroxylation is 2. The molecule has 0 bridgehead atoms. The Morgan fingerprint density at radius 3 is 0.966 bits per heavy atom. The first-order valence-electron chi connectivity index (χ1n) is 31.8. The highest BCUT2D eigenvalue weighted by Crippen LogP contribution is 2.48. The molecule has 10 aromatic rings. The third-order valence-corrected chi connectivity index (χ3v) is 24.2. The molecule has 10 heteroatoms. The molecule has 2 heterocycles. The predicted molar refractivity (Wildman–Crippen MR) is 385 cm³/mol. The van der Waals surface area contributed by atoms with Gasteiger partial charge in [0, 0.05) is 50.2 Å². The zero-order chi connectivity index (χ0) is 64.5. The van der Waals surface area contributed by atoms with Crippen LogP contribution >= 0.6 is 0 Å². The third kappa shape index (κ3) is 12.2. The Hall–Kier alpha value is -6.86. The lowest BCUT2D eigenvalue weighted by Crippen LogP contribution is -2.38. The van der Waals surface area contributed by atoms with Gasteiger partial charge in [0.15, 0.2) is 0 Å². The van der Waals surface area contributed by atoms with Gasteiger partial charge in [0.05, 0.1) is 70.9 Å². The van der Waals surface area contributed by atoms with Crippen molar-refractivity contribution in [2.75, 3.05) is 13.2 Å². The Morgan fingerprint density at radius 2 is 0.659 bits per heavy atom. The quantitative estimate of drug-likeness (QED) is 0.0892. The number of phenols is 2. The summed E-state index contributed by atoms with van der Waals surface area (Å²) in [7, 11) is -6.07. The molecular weight excluding hydrogens is 1130 g/mol. The van der Waals surface area contributed by atoms with E-state index in [9.17, 15) is 10.2 Å². The van der Waals surface area contributed by atoms with E-state index < -0.39 is 30.0 Å². The van der Waals surface area contributed by atoms with Crippen LogP contribution in [-0.4, -0.2) is 56.8 Å². The number of hydrogen-bond acceptors (Lipinski definition) is 4. The first kappa shape index (κ1) is 64.1. The summed E-state index contributed by atoms with van der Waals surface area (Å²) in [6.45, 7) is 52.7. The topological polar surface area (TPSA) is 68.8 Å². The molecule has 8 aromatic carbocycles. The Balaban J connectivity index is 1.06. The van der Waals surface area contributed by atoms with Gasteiger partial charge in [-0.15, -0.1) is 0 Å². The molecule has 6 nitrogen and oxygen atoms in total. The Kier molecular flexibility index (Phi) is 16.2. The standard InChI is InChI=1S/C78H97FN2O4Si3/c1-47-35-53(79)41-63(61-42-55(87(18,19)20)45-69(71(61)82)80-65-37-49(75(3,4)5)25-29-57(65)58-30-26-50(38-66(58)80)76(6,7)8)73(47)84-33-24-34-85-74-48(2)36-54(86(15,16)17)44-64(74)62-43-56(88(21,22)23)46-70(72(62)83)81-67-39-51(77(9,10)11)27-31-59(67)60-32-28-52(40-68(60)81)78(12,13)14/h25-32,35-46,82-83H,24,33-34H2,1-23H3. The van der Waals surface area contributed by atoms with Gasteiger partial charge in [0.1, 0.15) is 28.8 Å². The van der Waals surface area contributed by atoms with Crippen LogP contribution in [0.1, 0.15) is 123 Å². The summed E-state index contributed by atoms with van der Waals surface area (Å²) < 4.78 is 34.6. The van der Waals surface area contributed by atoms with E-state index in [2.05, 4.69) is 267 Å². The fourth-order valence-corrected chi connectivity index (χ4v) is 15.9. The summed E-state index contributed by atoms with van der Waals surface area (Å²) in [6.07, 6.45) is 0.504. The van der Waals surface area contributed by atoms with Crippen molar-refractivity contribution in [2.24, 2.45) is 0 Å². The number of phenolic OH excluding ortho intramolecular Hbond substituents is 2. The van der Waals surface area contributed by atoms with Gasteiger partial charge in [-0.25, -0.2) is 4.39 Å². The second kappa shape index (κ2) is 22.3. The summed E-state index contributed by atoms with van der Waals surface area (Å²) in [5.41, 5.74) is 14.3. The van der Waals surface area contributed by atoms with Crippen LogP contribution in [0.15, 0.2) is 121 Å². The fourth-order valence-electron chi connectivity index (χ4n) is 12.4. The summed E-state index contributed by atoms with van der Waals surface area (Å²) in [5, 5.41) is 34.5. The van der Waals surface area contributed by atoms with Crippen LogP contribution in [0.4, 0.5) is 4.39 Å². The van der Waals surface area contributed by atoms with Crippen LogP contribution in [-0.2, 0) is 21.7 Å². The van der Waals surface area contributed by atoms with Crippen LogP contribution in [0.3, 0.4) is 0 Å². The first-order chi connectivity index (χ1) is 40.6. The van der Waals surface area contributed by atoms with Crippen molar-refractivity contribution < 1.29 is 24.1 Å². The fraction of sp³-hybridized carbons (Fsp3) is 0.385. The van der Waals surface area contributed by atoms with Gasteiger partial charge >= 0.3 is 0 Å². The van der Waals surface area contributed by atoms with E-state index in [1.54, 1.807) is 0 Å². The molecule has 0 saturated carbocycles. The van der Waals surface area contributed by atoms with E-state index >= 15 is 4.39 Å². The monoisotopic (exact) mass is 1230 g/mol. The molecule has 0 atom stereocenters. The molecule has 0 amide bonds. The molecule has 0 spiro atoms. The number of benzene rings is 8. The maximum absolute atomic E-state index is 16.1. The molecule has 0 aliphatic carbocycles. The zero-order valence-electron chi connectivity index (χ0n) is 57.2. The van der Waals surface area contributed by atoms with Gasteiger partial charge in [-0.3, -0.25) is 0 Å². The SMILES string of the molecule is Cc1cc(F)cc(-c2cc([Si](C)(C)C)cc(-n3c4cc(C(C)(C)C)ccc4c4ccc(C(C)(C)C)cc43)c2O)c1OCCCOc1c(C)cc([Si](C)(C)C)cc1-c1cc([Si](C)(C)C)cc(-n2c3cc(C(C)(C)C)ccc3c3ccc(C(C)(C)C)cc32)c1O. The number of fused-ring (bicyclic) bond motifs is 6. The number of ether oxygens (including phenoxy) is 2. The summed E-state index contributed by atoms with van der Waals surface area (Å²) >= 11 is 0. The van der Waals surface area contributed by atoms with Gasteiger partial charge in [-0.05, 0) is 117 Å². The summed E-state index contributed by atoms with van der Waals surface area (Å²) in [5.74, 6) is 1.14. The minimum Gasteiger partial charge on any atom is -0.505 e. The van der Waals surface area contributed by atoms with Crippen LogP contribution < -0.4 is 25.0 Å². The van der Waals surface area contributed by atoms with E-state index in [4.69, 9.17) is 9.47 Å². The number of aromatic nitrogens is 2. The number of halogens is 1. The lowest BCUT2D eigenvalue weighted by atomic mass is 9.86. The van der Waals surface area contributed by atoms with Crippen molar-refractivity contribution in [3.63, 3.8) is 0 Å². The van der Waals surface area contributed by atoms with Crippen LogP contribution in [0.2, 0.25) is 58.9 Å². The van der Waals surface area contributed by atoms with Gasteiger partial charge < -0.3 is 28.8 Å². The highest BCUT2D eigenvalue weighted by molar-refractivity contribution is 6.89. The average Bonchev–Trinajstić information content (AvgIpc) is 1.53. The number of aromatic hydroxyl groups is 2. The Morgan fingerprint density at radius 1 is 0.375 bits per heavy atom. The van der Waals surface area contributed by atoms with Crippen molar-refractivity contribution in [1.29, 1.82) is 0 Å². The minimum atomic E-state index is -2.10. The van der Waals surface area contributed by atoms with Gasteiger partial charge in [-0.1, -0.05) is 230 Å². The lowest BCUT2D eigenvalue weighted by Gasteiger charge is -2.26. The highest BCUT2D eigenvalue weighted by atomic mass is 28.3. The van der Waals surface area contributed by atoms with Crippen molar-refractivity contribution in [3.8, 4) is 56.6 Å². The zero-order valence-corrected chi connectivity index (χ0v) is 60.2. The molecule has 88 heavy (non-hydrogen) atoms. The summed E-state index contributed by atoms with van der Waals surface area (Å²) in [6, 6.07) is 43.5. The smallest absolute Gasteiger partial charge is 0.147 e. The third-order valence-electron chi connectivity index (χ3n) is 18.1. The van der Waals surface area contributed by atoms with Gasteiger partial charge in [0.25, 0.3) is 0 Å². The van der Waals surface area contributed by atoms with Crippen LogP contribution in [0.5, 0.6) is 23.0 Å². The normalized spacial score (nSPS) is 13.2. The summed E-state index contributed by atoms with van der Waals surface area (Å²) in [4.78, 5) is 0. The van der Waals surface area contributed by atoms with E-state index in [0.717, 1.165) is 76.9 Å². The van der Waals surface area contributed by atoms with E-state index in [1.807, 2.05) is 6.92 Å². The highest BCUT2D eigenvalue weighted by Gasteiger charge is 2.32. The molecule has 0 unspecified atom stereocenters. The molecule has 462 valence electrons. The molecule has 0 fully saturated rings. The molecule has 0 aliphatic rings. The lowest BCUT2D eigenvalue weighted by molar-refractivity contribution is 0.246. The maximum Gasteiger partial charge on any atom is 0.147 e. The van der Waals surface area contributed by atoms with Gasteiger partial charge in [-0.2, -0.15) is 0 Å². The van der Waals surface area contributed by atoms with Crippen molar-refractivity contribution in [2.45, 2.75) is 184 Å². The number of rotatable bonds is 13. The number of hydrogen-bond donors (Lipinski definition) is 2. The van der Waals surface area contributed by atoms with E-state index in [0.29, 0.717) is 41.2 Å². The molecule has 0 aliphatic heterocycles. The first-order valence-corrected chi connectivity index (χ1v) is 42.3. The second-order valence-electron chi connectivity index (χ2n) is 32.5. The van der Waals surface area contributed by atoms with Crippen LogP contribution in [0.25, 0.3) is 77.2 Å². The van der Waals surface area contributed by atoms with E-state index in [-0.39, 0.29) is 39.8 Å². The molecule has 2 aromatic heterocycles. The largest absolute Gasteiger partial charge is 0.505 e. The van der Waals surface area contributed by atoms with Crippen molar-refractivity contribution in [1.82, 2.24) is 9.13 Å². The number of nitrogens with zero attached hydrogens (tertiary/aromatic N) is 2.